The van der Waals surface area contributed by atoms with Gasteiger partial charge in [-0.05, 0) is 51.1 Å². The van der Waals surface area contributed by atoms with E-state index in [2.05, 4.69) is 30.6 Å². The molecule has 3 nitrogen and oxygen atoms in total. The lowest BCUT2D eigenvalue weighted by molar-refractivity contribution is -0.0772. The molecule has 2 aliphatic heterocycles. The molecular weight excluding hydrogens is 224 g/mol. The normalized spacial score (nSPS) is 35.2. The van der Waals surface area contributed by atoms with Gasteiger partial charge in [-0.2, -0.15) is 0 Å². The van der Waals surface area contributed by atoms with Gasteiger partial charge in [0.05, 0.1) is 0 Å². The molecule has 2 unspecified atom stereocenters. The zero-order valence-corrected chi connectivity index (χ0v) is 12.7. The first-order valence-electron chi connectivity index (χ1n) is 7.39. The molecule has 0 aliphatic carbocycles. The van der Waals surface area contributed by atoms with Gasteiger partial charge >= 0.3 is 0 Å². The van der Waals surface area contributed by atoms with Crippen molar-refractivity contribution in [1.82, 2.24) is 9.80 Å². The summed E-state index contributed by atoms with van der Waals surface area (Å²) in [6.07, 6.45) is 4.82. The smallest absolute Gasteiger partial charge is 0.120 e. The van der Waals surface area contributed by atoms with Crippen molar-refractivity contribution in [1.29, 1.82) is 0 Å². The van der Waals surface area contributed by atoms with E-state index in [-0.39, 0.29) is 6.23 Å². The van der Waals surface area contributed by atoms with Crippen molar-refractivity contribution in [2.45, 2.75) is 64.8 Å². The van der Waals surface area contributed by atoms with Crippen molar-refractivity contribution < 1.29 is 5.11 Å². The van der Waals surface area contributed by atoms with Crippen molar-refractivity contribution in [3.63, 3.8) is 0 Å². The molecule has 106 valence electrons. The number of nitrogens with zero attached hydrogens (tertiary/aromatic N) is 2. The number of hydrogen-bond acceptors (Lipinski definition) is 3. The van der Waals surface area contributed by atoms with Crippen molar-refractivity contribution in [3.05, 3.63) is 0 Å². The van der Waals surface area contributed by atoms with Gasteiger partial charge < -0.3 is 10.0 Å². The molecule has 2 aliphatic rings. The van der Waals surface area contributed by atoms with Gasteiger partial charge in [0.15, 0.2) is 0 Å². The van der Waals surface area contributed by atoms with Crippen molar-refractivity contribution in [2.24, 2.45) is 11.3 Å². The highest BCUT2D eigenvalue weighted by atomic mass is 16.3. The van der Waals surface area contributed by atoms with Crippen molar-refractivity contribution in [2.75, 3.05) is 20.6 Å². The lowest BCUT2D eigenvalue weighted by Crippen LogP contribution is -2.53. The molecule has 2 bridgehead atoms. The molecule has 0 spiro atoms. The lowest BCUT2D eigenvalue weighted by Gasteiger charge is -2.46. The minimum atomic E-state index is -0.279. The minimum absolute atomic E-state index is 0.279. The summed E-state index contributed by atoms with van der Waals surface area (Å²) in [5.41, 5.74) is 0.416. The molecule has 0 aromatic heterocycles. The fourth-order valence-electron chi connectivity index (χ4n) is 3.83. The molecule has 4 atom stereocenters. The largest absolute Gasteiger partial charge is 0.377 e. The van der Waals surface area contributed by atoms with Crippen molar-refractivity contribution in [3.8, 4) is 0 Å². The van der Waals surface area contributed by atoms with Crippen LogP contribution in [-0.2, 0) is 0 Å². The fourth-order valence-corrected chi connectivity index (χ4v) is 3.83. The molecule has 2 rings (SSSR count). The maximum atomic E-state index is 10.4. The Morgan fingerprint density at radius 1 is 1.17 bits per heavy atom. The molecule has 0 aromatic carbocycles. The van der Waals surface area contributed by atoms with E-state index in [1.54, 1.807) is 0 Å². The summed E-state index contributed by atoms with van der Waals surface area (Å²) in [5.74, 6) is 0.817. The summed E-state index contributed by atoms with van der Waals surface area (Å²) in [7, 11) is 4.07. The second-order valence-corrected chi connectivity index (χ2v) is 7.61. The van der Waals surface area contributed by atoms with Gasteiger partial charge in [-0.1, -0.05) is 20.8 Å². The topological polar surface area (TPSA) is 26.7 Å². The molecule has 2 saturated heterocycles. The number of fused-ring (bicyclic) bond motifs is 2. The Bertz CT molecular complexity index is 271. The Labute approximate surface area is 112 Å². The average molecular weight is 254 g/mol. The molecular formula is C15H30N2O. The number of hydrogen-bond donors (Lipinski definition) is 1. The van der Waals surface area contributed by atoms with Crippen LogP contribution in [0.3, 0.4) is 0 Å². The van der Waals surface area contributed by atoms with E-state index in [0.717, 1.165) is 12.5 Å². The summed E-state index contributed by atoms with van der Waals surface area (Å²) < 4.78 is 0. The maximum Gasteiger partial charge on any atom is 0.120 e. The number of rotatable bonds is 3. The van der Waals surface area contributed by atoms with E-state index >= 15 is 0 Å². The van der Waals surface area contributed by atoms with Gasteiger partial charge in [0.1, 0.15) is 6.23 Å². The van der Waals surface area contributed by atoms with Crippen LogP contribution < -0.4 is 0 Å². The van der Waals surface area contributed by atoms with Crippen LogP contribution in [0.1, 0.15) is 46.5 Å². The molecule has 3 heteroatoms. The fraction of sp³-hybridized carbons (Fsp3) is 1.00. The third-order valence-corrected chi connectivity index (χ3v) is 4.89. The quantitative estimate of drug-likeness (QED) is 0.836. The van der Waals surface area contributed by atoms with Gasteiger partial charge in [-0.15, -0.1) is 0 Å². The SMILES string of the molecule is CN(C)CC(O)N1[C@@H]2CC[C@H]1CC(C(C)(C)C)C2. The van der Waals surface area contributed by atoms with Gasteiger partial charge in [0, 0.05) is 18.6 Å². The lowest BCUT2D eigenvalue weighted by atomic mass is 9.73. The maximum absolute atomic E-state index is 10.4. The highest BCUT2D eigenvalue weighted by Crippen LogP contribution is 2.45. The average Bonchev–Trinajstić information content (AvgIpc) is 2.47. The first-order valence-corrected chi connectivity index (χ1v) is 7.39. The summed E-state index contributed by atoms with van der Waals surface area (Å²) in [4.78, 5) is 4.49. The number of aliphatic hydroxyl groups excluding tert-OH is 1. The predicted octanol–water partition coefficient (Wildman–Crippen LogP) is 2.16. The zero-order valence-electron chi connectivity index (χ0n) is 12.7. The van der Waals surface area contributed by atoms with E-state index in [4.69, 9.17) is 0 Å². The molecule has 18 heavy (non-hydrogen) atoms. The Morgan fingerprint density at radius 3 is 2.06 bits per heavy atom. The molecule has 0 amide bonds. The Morgan fingerprint density at radius 2 is 1.67 bits per heavy atom. The summed E-state index contributed by atoms with van der Waals surface area (Å²) in [5, 5.41) is 10.4. The molecule has 2 heterocycles. The number of aliphatic hydroxyl groups is 1. The highest BCUT2D eigenvalue weighted by Gasteiger charge is 2.46. The van der Waals surface area contributed by atoms with Crippen LogP contribution in [0, 0.1) is 11.3 Å². The second kappa shape index (κ2) is 5.10. The van der Waals surface area contributed by atoms with Crippen LogP contribution in [0.2, 0.25) is 0 Å². The van der Waals surface area contributed by atoms with E-state index in [0.29, 0.717) is 17.5 Å². The second-order valence-electron chi connectivity index (χ2n) is 7.61. The molecule has 0 aromatic rings. The van der Waals surface area contributed by atoms with E-state index in [9.17, 15) is 5.11 Å². The molecule has 2 fully saturated rings. The highest BCUT2D eigenvalue weighted by molar-refractivity contribution is 4.98. The van der Waals surface area contributed by atoms with Gasteiger partial charge in [-0.3, -0.25) is 4.90 Å². The summed E-state index contributed by atoms with van der Waals surface area (Å²) in [6, 6.07) is 1.23. The molecule has 1 N–H and O–H groups in total. The minimum Gasteiger partial charge on any atom is -0.377 e. The first kappa shape index (κ1) is 14.3. The van der Waals surface area contributed by atoms with E-state index < -0.39 is 0 Å². The van der Waals surface area contributed by atoms with Gasteiger partial charge in [0.25, 0.3) is 0 Å². The van der Waals surface area contributed by atoms with Crippen molar-refractivity contribution >= 4 is 0 Å². The van der Waals surface area contributed by atoms with Gasteiger partial charge in [-0.25, -0.2) is 0 Å². The Kier molecular flexibility index (Phi) is 4.05. The Hall–Kier alpha value is -0.120. The standard InChI is InChI=1S/C15H30N2O/c1-15(2,3)11-8-12-6-7-13(9-11)17(12)14(18)10-16(4)5/h11-14,18H,6-10H2,1-5H3/t11?,12-,13+,14?. The summed E-state index contributed by atoms with van der Waals surface area (Å²) in [6.45, 7) is 7.85. The number of likely N-dealkylation sites (N-methyl/N-ethyl adjacent to an activating group) is 1. The first-order chi connectivity index (χ1) is 8.29. The zero-order chi connectivity index (χ0) is 13.5. The summed E-state index contributed by atoms with van der Waals surface area (Å²) >= 11 is 0. The van der Waals surface area contributed by atoms with Crippen LogP contribution in [0.5, 0.6) is 0 Å². The van der Waals surface area contributed by atoms with Gasteiger partial charge in [0.2, 0.25) is 0 Å². The number of piperidine rings is 1. The third-order valence-electron chi connectivity index (χ3n) is 4.89. The van der Waals surface area contributed by atoms with Crippen LogP contribution in [0.25, 0.3) is 0 Å². The third kappa shape index (κ3) is 2.89. The molecule has 0 radical (unpaired) electrons. The Balaban J connectivity index is 2.02. The van der Waals surface area contributed by atoms with Crippen LogP contribution in [0.15, 0.2) is 0 Å². The molecule has 0 saturated carbocycles. The van der Waals surface area contributed by atoms with Crippen LogP contribution in [-0.4, -0.2) is 53.9 Å². The van der Waals surface area contributed by atoms with Crippen LogP contribution in [0.4, 0.5) is 0 Å². The van der Waals surface area contributed by atoms with E-state index in [1.807, 2.05) is 14.1 Å². The monoisotopic (exact) mass is 254 g/mol. The predicted molar refractivity (Wildman–Crippen MR) is 75.4 cm³/mol. The van der Waals surface area contributed by atoms with E-state index in [1.165, 1.54) is 25.7 Å². The van der Waals surface area contributed by atoms with Crippen LogP contribution >= 0.6 is 0 Å².